The number of rotatable bonds is 6. The molecule has 0 aliphatic rings. The number of hydrogen-bond donors (Lipinski definition) is 2. The van der Waals surface area contributed by atoms with Crippen LogP contribution in [0.3, 0.4) is 0 Å². The van der Waals surface area contributed by atoms with E-state index < -0.39 is 26.5 Å². The second-order valence-corrected chi connectivity index (χ2v) is 8.37. The SMILES string of the molecule is Cc1ccc(NC(=O)CS(=O)CCS(C)(=O)=O)cc1N. The molecule has 1 unspecified atom stereocenters. The number of nitrogens with two attached hydrogens (primary N) is 1. The van der Waals surface area contributed by atoms with Crippen molar-refractivity contribution in [3.63, 3.8) is 0 Å². The van der Waals surface area contributed by atoms with E-state index in [1.807, 2.05) is 6.92 Å². The summed E-state index contributed by atoms with van der Waals surface area (Å²) in [6, 6.07) is 5.08. The summed E-state index contributed by atoms with van der Waals surface area (Å²) in [7, 11) is -4.67. The van der Waals surface area contributed by atoms with E-state index in [2.05, 4.69) is 5.32 Å². The molecule has 8 heteroatoms. The predicted octanol–water partition coefficient (Wildman–Crippen LogP) is 0.309. The summed E-state index contributed by atoms with van der Waals surface area (Å²) in [5, 5.41) is 2.58. The van der Waals surface area contributed by atoms with Crippen molar-refractivity contribution in [2.45, 2.75) is 6.92 Å². The zero-order valence-corrected chi connectivity index (χ0v) is 13.0. The van der Waals surface area contributed by atoms with Gasteiger partial charge in [-0.15, -0.1) is 0 Å². The smallest absolute Gasteiger partial charge is 0.236 e. The van der Waals surface area contributed by atoms with E-state index in [1.165, 1.54) is 0 Å². The van der Waals surface area contributed by atoms with Crippen LogP contribution in [0.4, 0.5) is 11.4 Å². The largest absolute Gasteiger partial charge is 0.398 e. The highest BCUT2D eigenvalue weighted by Gasteiger charge is 2.11. The first-order valence-electron chi connectivity index (χ1n) is 5.86. The normalized spacial score (nSPS) is 12.9. The average Bonchev–Trinajstić information content (AvgIpc) is 2.30. The number of carbonyl (C=O) groups is 1. The number of amides is 1. The highest BCUT2D eigenvalue weighted by Crippen LogP contribution is 2.16. The summed E-state index contributed by atoms with van der Waals surface area (Å²) in [5.74, 6) is -0.893. The van der Waals surface area contributed by atoms with Gasteiger partial charge in [-0.25, -0.2) is 8.42 Å². The van der Waals surface area contributed by atoms with Gasteiger partial charge in [-0.1, -0.05) is 6.07 Å². The Morgan fingerprint density at radius 3 is 2.60 bits per heavy atom. The highest BCUT2D eigenvalue weighted by atomic mass is 32.2. The lowest BCUT2D eigenvalue weighted by Gasteiger charge is -2.07. The lowest BCUT2D eigenvalue weighted by molar-refractivity contribution is -0.113. The molecule has 0 aromatic heterocycles. The van der Waals surface area contributed by atoms with Crippen molar-refractivity contribution in [3.05, 3.63) is 23.8 Å². The molecule has 6 nitrogen and oxygen atoms in total. The Labute approximate surface area is 121 Å². The number of aryl methyl sites for hydroxylation is 1. The molecule has 0 bridgehead atoms. The average molecular weight is 318 g/mol. The summed E-state index contributed by atoms with van der Waals surface area (Å²) in [6.07, 6.45) is 1.07. The Morgan fingerprint density at radius 1 is 1.40 bits per heavy atom. The maximum atomic E-state index is 11.6. The highest BCUT2D eigenvalue weighted by molar-refractivity contribution is 7.92. The molecule has 1 aromatic rings. The van der Waals surface area contributed by atoms with Crippen molar-refractivity contribution < 1.29 is 17.4 Å². The van der Waals surface area contributed by atoms with E-state index in [0.29, 0.717) is 11.4 Å². The van der Waals surface area contributed by atoms with Gasteiger partial charge in [-0.05, 0) is 24.6 Å². The standard InChI is InChI=1S/C12H18N2O4S2/c1-9-3-4-10(7-11(9)13)14-12(15)8-19(16)5-6-20(2,17)18/h3-4,7H,5-6,8,13H2,1-2H3,(H,14,15). The molecule has 112 valence electrons. The van der Waals surface area contributed by atoms with Crippen LogP contribution in [-0.2, 0) is 25.4 Å². The van der Waals surface area contributed by atoms with Crippen LogP contribution >= 0.6 is 0 Å². The zero-order valence-electron chi connectivity index (χ0n) is 11.4. The Bertz CT molecular complexity index is 626. The Balaban J connectivity index is 2.51. The van der Waals surface area contributed by atoms with E-state index in [-0.39, 0.29) is 17.3 Å². The van der Waals surface area contributed by atoms with Gasteiger partial charge in [-0.2, -0.15) is 0 Å². The van der Waals surface area contributed by atoms with Crippen LogP contribution in [0.1, 0.15) is 5.56 Å². The molecule has 0 aliphatic carbocycles. The molecule has 0 heterocycles. The van der Waals surface area contributed by atoms with Gasteiger partial charge < -0.3 is 11.1 Å². The molecule has 1 rings (SSSR count). The van der Waals surface area contributed by atoms with E-state index in [1.54, 1.807) is 18.2 Å². The summed E-state index contributed by atoms with van der Waals surface area (Å²) < 4.78 is 33.4. The summed E-state index contributed by atoms with van der Waals surface area (Å²) in [4.78, 5) is 11.6. The molecule has 0 aliphatic heterocycles. The van der Waals surface area contributed by atoms with Crippen molar-refractivity contribution in [1.29, 1.82) is 0 Å². The van der Waals surface area contributed by atoms with Crippen LogP contribution in [0.25, 0.3) is 0 Å². The fourth-order valence-electron chi connectivity index (χ4n) is 1.38. The predicted molar refractivity (Wildman–Crippen MR) is 81.8 cm³/mol. The summed E-state index contributed by atoms with van der Waals surface area (Å²) in [6.45, 7) is 1.85. The number of sulfone groups is 1. The van der Waals surface area contributed by atoms with Crippen LogP contribution in [-0.4, -0.2) is 42.0 Å². The number of anilines is 2. The molecule has 0 saturated heterocycles. The first-order valence-corrected chi connectivity index (χ1v) is 9.41. The number of carbonyl (C=O) groups excluding carboxylic acids is 1. The number of nitrogens with one attached hydrogen (secondary N) is 1. The zero-order chi connectivity index (χ0) is 15.3. The van der Waals surface area contributed by atoms with Crippen LogP contribution in [0.2, 0.25) is 0 Å². The quantitative estimate of drug-likeness (QED) is 0.734. The van der Waals surface area contributed by atoms with Crippen molar-refractivity contribution in [2.24, 2.45) is 0 Å². The van der Waals surface area contributed by atoms with E-state index in [9.17, 15) is 17.4 Å². The van der Waals surface area contributed by atoms with E-state index >= 15 is 0 Å². The first-order chi connectivity index (χ1) is 9.17. The Hall–Kier alpha value is -1.41. The van der Waals surface area contributed by atoms with Crippen LogP contribution < -0.4 is 11.1 Å². The Morgan fingerprint density at radius 2 is 2.05 bits per heavy atom. The summed E-state index contributed by atoms with van der Waals surface area (Å²) in [5.41, 5.74) is 7.70. The number of nitrogen functional groups attached to an aromatic ring is 1. The maximum absolute atomic E-state index is 11.6. The van der Waals surface area contributed by atoms with Crippen LogP contribution in [0, 0.1) is 6.92 Å². The maximum Gasteiger partial charge on any atom is 0.236 e. The molecule has 1 atom stereocenters. The van der Waals surface area contributed by atoms with Crippen LogP contribution in [0.15, 0.2) is 18.2 Å². The van der Waals surface area contributed by atoms with Crippen molar-refractivity contribution in [1.82, 2.24) is 0 Å². The monoisotopic (exact) mass is 318 g/mol. The molecule has 20 heavy (non-hydrogen) atoms. The lowest BCUT2D eigenvalue weighted by atomic mass is 10.2. The van der Waals surface area contributed by atoms with Crippen molar-refractivity contribution in [2.75, 3.05) is 34.6 Å². The number of benzene rings is 1. The second-order valence-electron chi connectivity index (χ2n) is 4.54. The van der Waals surface area contributed by atoms with Gasteiger partial charge in [0.2, 0.25) is 5.91 Å². The van der Waals surface area contributed by atoms with Crippen molar-refractivity contribution >= 4 is 37.9 Å². The minimum atomic E-state index is -3.17. The molecule has 3 N–H and O–H groups in total. The van der Waals surface area contributed by atoms with E-state index in [0.717, 1.165) is 11.8 Å². The third kappa shape index (κ3) is 6.16. The van der Waals surface area contributed by atoms with Gasteiger partial charge in [-0.3, -0.25) is 9.00 Å². The molecular weight excluding hydrogens is 300 g/mol. The molecule has 0 fully saturated rings. The fourth-order valence-corrected chi connectivity index (χ4v) is 3.84. The number of hydrogen-bond acceptors (Lipinski definition) is 5. The van der Waals surface area contributed by atoms with Gasteiger partial charge in [0.05, 0.1) is 5.75 Å². The molecule has 0 radical (unpaired) electrons. The molecular formula is C12H18N2O4S2. The second kappa shape index (κ2) is 6.85. The molecule has 0 spiro atoms. The van der Waals surface area contributed by atoms with Gasteiger partial charge >= 0.3 is 0 Å². The van der Waals surface area contributed by atoms with Gasteiger partial charge in [0.15, 0.2) is 0 Å². The van der Waals surface area contributed by atoms with Crippen molar-refractivity contribution in [3.8, 4) is 0 Å². The van der Waals surface area contributed by atoms with Gasteiger partial charge in [0, 0.05) is 34.2 Å². The van der Waals surface area contributed by atoms with Crippen LogP contribution in [0.5, 0.6) is 0 Å². The lowest BCUT2D eigenvalue weighted by Crippen LogP contribution is -2.23. The third-order valence-electron chi connectivity index (χ3n) is 2.54. The topological polar surface area (TPSA) is 106 Å². The van der Waals surface area contributed by atoms with E-state index in [4.69, 9.17) is 5.73 Å². The van der Waals surface area contributed by atoms with Gasteiger partial charge in [0.1, 0.15) is 15.6 Å². The third-order valence-corrected chi connectivity index (χ3v) is 4.98. The molecule has 1 aromatic carbocycles. The Kier molecular flexibility index (Phi) is 5.70. The fraction of sp³-hybridized carbons (Fsp3) is 0.417. The first kappa shape index (κ1) is 16.6. The summed E-state index contributed by atoms with van der Waals surface area (Å²) >= 11 is 0. The minimum Gasteiger partial charge on any atom is -0.398 e. The minimum absolute atomic E-state index is 0.0394. The van der Waals surface area contributed by atoms with Gasteiger partial charge in [0.25, 0.3) is 0 Å². The molecule has 1 amide bonds. The molecule has 0 saturated carbocycles.